The van der Waals surface area contributed by atoms with Gasteiger partial charge in [0, 0.05) is 10.9 Å². The van der Waals surface area contributed by atoms with Gasteiger partial charge in [-0.25, -0.2) is 6.57 Å². The molecule has 0 saturated heterocycles. The third-order valence-corrected chi connectivity index (χ3v) is 2.45. The van der Waals surface area contributed by atoms with Gasteiger partial charge in [0.2, 0.25) is 6.54 Å². The Labute approximate surface area is 81.4 Å². The molecule has 0 spiro atoms. The first kappa shape index (κ1) is 9.28. The van der Waals surface area contributed by atoms with E-state index in [1.807, 2.05) is 18.2 Å². The Hall–Kier alpha value is -0.810. The van der Waals surface area contributed by atoms with Gasteiger partial charge in [-0.1, -0.05) is 34.1 Å². The predicted octanol–water partition coefficient (Wildman–Crippen LogP) is 3.30. The average Bonchev–Trinajstić information content (AvgIpc) is 2.09. The van der Waals surface area contributed by atoms with Crippen LogP contribution in [-0.2, 0) is 6.42 Å². The van der Waals surface area contributed by atoms with Gasteiger partial charge < -0.3 is 4.85 Å². The average molecular weight is 224 g/mol. The molecule has 0 fully saturated rings. The second kappa shape index (κ2) is 4.95. The Bertz CT molecular complexity index is 288. The minimum absolute atomic E-state index is 0.626. The third kappa shape index (κ3) is 2.67. The number of benzene rings is 1. The van der Waals surface area contributed by atoms with Gasteiger partial charge in [0.15, 0.2) is 0 Å². The van der Waals surface area contributed by atoms with Crippen LogP contribution in [0.1, 0.15) is 12.0 Å². The number of rotatable bonds is 3. The number of hydrogen-bond acceptors (Lipinski definition) is 0. The molecule has 0 radical (unpaired) electrons. The zero-order chi connectivity index (χ0) is 8.81. The van der Waals surface area contributed by atoms with Crippen LogP contribution in [0.15, 0.2) is 28.7 Å². The third-order valence-electron chi connectivity index (χ3n) is 1.67. The van der Waals surface area contributed by atoms with E-state index in [1.165, 1.54) is 5.56 Å². The Balaban J connectivity index is 2.53. The minimum Gasteiger partial charge on any atom is -0.317 e. The molecule has 1 nitrogen and oxygen atoms in total. The Kier molecular flexibility index (Phi) is 3.83. The number of nitrogens with zero attached hydrogens (tertiary/aromatic N) is 1. The highest BCUT2D eigenvalue weighted by Gasteiger charge is 1.98. The minimum atomic E-state index is 0.626. The van der Waals surface area contributed by atoms with Crippen LogP contribution in [0.25, 0.3) is 4.85 Å². The Morgan fingerprint density at radius 3 is 2.75 bits per heavy atom. The lowest BCUT2D eigenvalue weighted by Crippen LogP contribution is -1.87. The molecule has 1 aromatic carbocycles. The fraction of sp³-hybridized carbons (Fsp3) is 0.300. The van der Waals surface area contributed by atoms with Gasteiger partial charge in [-0.2, -0.15) is 0 Å². The summed E-state index contributed by atoms with van der Waals surface area (Å²) in [5, 5.41) is 0. The maximum atomic E-state index is 6.64. The van der Waals surface area contributed by atoms with Crippen molar-refractivity contribution >= 4 is 15.9 Å². The van der Waals surface area contributed by atoms with E-state index in [1.54, 1.807) is 0 Å². The van der Waals surface area contributed by atoms with Gasteiger partial charge in [-0.3, -0.25) is 0 Å². The molecule has 2 heteroatoms. The molecule has 0 saturated carbocycles. The molecule has 0 unspecified atom stereocenters. The van der Waals surface area contributed by atoms with Crippen molar-refractivity contribution in [1.29, 1.82) is 0 Å². The maximum Gasteiger partial charge on any atom is 0.215 e. The molecule has 0 heterocycles. The van der Waals surface area contributed by atoms with E-state index in [-0.39, 0.29) is 0 Å². The van der Waals surface area contributed by atoms with E-state index in [0.717, 1.165) is 17.3 Å². The summed E-state index contributed by atoms with van der Waals surface area (Å²) in [5.41, 5.74) is 1.29. The fourth-order valence-electron chi connectivity index (χ4n) is 1.05. The van der Waals surface area contributed by atoms with Crippen molar-refractivity contribution in [2.75, 3.05) is 6.54 Å². The second-order valence-corrected chi connectivity index (χ2v) is 3.43. The Morgan fingerprint density at radius 1 is 1.33 bits per heavy atom. The highest BCUT2D eigenvalue weighted by molar-refractivity contribution is 9.10. The van der Waals surface area contributed by atoms with Crippen LogP contribution in [0.3, 0.4) is 0 Å². The second-order valence-electron chi connectivity index (χ2n) is 2.58. The molecule has 0 amide bonds. The summed E-state index contributed by atoms with van der Waals surface area (Å²) in [4.78, 5) is 3.32. The van der Waals surface area contributed by atoms with Crippen LogP contribution >= 0.6 is 15.9 Å². The lowest BCUT2D eigenvalue weighted by Gasteiger charge is -1.99. The van der Waals surface area contributed by atoms with Gasteiger partial charge in [-0.05, 0) is 18.1 Å². The van der Waals surface area contributed by atoms with Crippen molar-refractivity contribution in [3.8, 4) is 0 Å². The van der Waals surface area contributed by atoms with Crippen LogP contribution in [0.4, 0.5) is 0 Å². The quantitative estimate of drug-likeness (QED) is 0.548. The van der Waals surface area contributed by atoms with Gasteiger partial charge in [0.25, 0.3) is 0 Å². The number of hydrogen-bond donors (Lipinski definition) is 0. The maximum absolute atomic E-state index is 6.64. The van der Waals surface area contributed by atoms with Crippen LogP contribution in [-0.4, -0.2) is 6.54 Å². The zero-order valence-corrected chi connectivity index (χ0v) is 8.34. The summed E-state index contributed by atoms with van der Waals surface area (Å²) < 4.78 is 1.15. The lowest BCUT2D eigenvalue weighted by molar-refractivity contribution is 0.888. The van der Waals surface area contributed by atoms with E-state index in [2.05, 4.69) is 26.8 Å². The molecule has 0 N–H and O–H groups in total. The van der Waals surface area contributed by atoms with Gasteiger partial charge >= 0.3 is 0 Å². The molecule has 12 heavy (non-hydrogen) atoms. The molecule has 0 aliphatic rings. The molecule has 62 valence electrons. The van der Waals surface area contributed by atoms with Gasteiger partial charge in [0.1, 0.15) is 0 Å². The number of aryl methyl sites for hydroxylation is 1. The predicted molar refractivity (Wildman–Crippen MR) is 53.9 cm³/mol. The van der Waals surface area contributed by atoms with E-state index >= 15 is 0 Å². The molecule has 1 aromatic rings. The molecular formula is C10H10BrN. The topological polar surface area (TPSA) is 4.36 Å². The largest absolute Gasteiger partial charge is 0.317 e. The van der Waals surface area contributed by atoms with Crippen LogP contribution in [0.5, 0.6) is 0 Å². The van der Waals surface area contributed by atoms with Crippen molar-refractivity contribution in [2.24, 2.45) is 0 Å². The van der Waals surface area contributed by atoms with Crippen LogP contribution in [0.2, 0.25) is 0 Å². The molecule has 0 aromatic heterocycles. The smallest absolute Gasteiger partial charge is 0.215 e. The van der Waals surface area contributed by atoms with Crippen molar-refractivity contribution in [3.63, 3.8) is 0 Å². The van der Waals surface area contributed by atoms with E-state index in [4.69, 9.17) is 6.57 Å². The van der Waals surface area contributed by atoms with Crippen molar-refractivity contribution < 1.29 is 0 Å². The van der Waals surface area contributed by atoms with Crippen LogP contribution in [0, 0.1) is 6.57 Å². The van der Waals surface area contributed by atoms with Gasteiger partial charge in [-0.15, -0.1) is 0 Å². The summed E-state index contributed by atoms with van der Waals surface area (Å²) in [7, 11) is 0. The monoisotopic (exact) mass is 223 g/mol. The molecule has 0 aliphatic carbocycles. The van der Waals surface area contributed by atoms with Crippen molar-refractivity contribution in [1.82, 2.24) is 0 Å². The molecule has 1 rings (SSSR count). The van der Waals surface area contributed by atoms with Crippen molar-refractivity contribution in [3.05, 3.63) is 45.7 Å². The summed E-state index contributed by atoms with van der Waals surface area (Å²) in [6.07, 6.45) is 1.94. The molecular weight excluding hydrogens is 214 g/mol. The summed E-state index contributed by atoms with van der Waals surface area (Å²) in [6.45, 7) is 7.26. The van der Waals surface area contributed by atoms with Crippen LogP contribution < -0.4 is 0 Å². The first-order chi connectivity index (χ1) is 5.84. The Morgan fingerprint density at radius 2 is 2.08 bits per heavy atom. The highest BCUT2D eigenvalue weighted by Crippen LogP contribution is 2.17. The first-order valence-corrected chi connectivity index (χ1v) is 4.70. The summed E-state index contributed by atoms with van der Waals surface area (Å²) in [5.74, 6) is 0. The highest BCUT2D eigenvalue weighted by atomic mass is 79.9. The summed E-state index contributed by atoms with van der Waals surface area (Å²) in [6, 6.07) is 8.15. The van der Waals surface area contributed by atoms with Gasteiger partial charge in [0.05, 0.1) is 0 Å². The first-order valence-electron chi connectivity index (χ1n) is 3.91. The fourth-order valence-corrected chi connectivity index (χ4v) is 1.53. The SMILES string of the molecule is [C-]#[N+]CCCc1ccccc1Br. The molecule has 0 bridgehead atoms. The van der Waals surface area contributed by atoms with E-state index in [9.17, 15) is 0 Å². The van der Waals surface area contributed by atoms with E-state index in [0.29, 0.717) is 6.54 Å². The van der Waals surface area contributed by atoms with E-state index < -0.39 is 0 Å². The summed E-state index contributed by atoms with van der Waals surface area (Å²) >= 11 is 3.47. The molecule has 0 aliphatic heterocycles. The number of halogens is 1. The molecule has 0 atom stereocenters. The van der Waals surface area contributed by atoms with Crippen molar-refractivity contribution in [2.45, 2.75) is 12.8 Å². The zero-order valence-electron chi connectivity index (χ0n) is 6.76. The standard InChI is InChI=1S/C10H10BrN/c1-12-8-4-6-9-5-2-3-7-10(9)11/h2-3,5,7H,4,6,8H2. The lowest BCUT2D eigenvalue weighted by atomic mass is 10.1. The normalized spacial score (nSPS) is 9.33.